The molecule has 0 unspecified atom stereocenters. The Hall–Kier alpha value is -2.81. The number of benzene rings is 2. The maximum atomic E-state index is 12.4. The molecule has 3 heteroatoms. The second-order valence-electron chi connectivity index (χ2n) is 5.12. The average molecular weight is 292 g/mol. The Morgan fingerprint density at radius 1 is 1.18 bits per heavy atom. The Morgan fingerprint density at radius 2 is 1.91 bits per heavy atom. The van der Waals surface area contributed by atoms with Gasteiger partial charge in [-0.1, -0.05) is 49.9 Å². The van der Waals surface area contributed by atoms with E-state index in [2.05, 4.69) is 6.58 Å². The van der Waals surface area contributed by atoms with Crippen molar-refractivity contribution in [3.8, 4) is 17.1 Å². The van der Waals surface area contributed by atoms with Crippen LogP contribution in [0.4, 0.5) is 0 Å². The van der Waals surface area contributed by atoms with Gasteiger partial charge in [0, 0.05) is 5.56 Å². The van der Waals surface area contributed by atoms with Crippen molar-refractivity contribution in [2.75, 3.05) is 0 Å². The van der Waals surface area contributed by atoms with E-state index in [1.54, 1.807) is 30.3 Å². The zero-order valence-corrected chi connectivity index (χ0v) is 12.3. The largest absolute Gasteiger partial charge is 0.502 e. The number of rotatable bonds is 3. The number of hydrogen-bond acceptors (Lipinski definition) is 3. The van der Waals surface area contributed by atoms with E-state index >= 15 is 0 Å². The molecule has 3 aromatic rings. The van der Waals surface area contributed by atoms with Gasteiger partial charge in [0.25, 0.3) is 0 Å². The molecule has 0 saturated heterocycles. The topological polar surface area (TPSA) is 50.4 Å². The third-order valence-electron chi connectivity index (χ3n) is 3.75. The second-order valence-corrected chi connectivity index (χ2v) is 5.12. The molecule has 0 spiro atoms. The SMILES string of the molecule is C=Cc1ccc(-c2oc3ccc(CC)cc3c(=O)c2O)cc1. The molecular formula is C19H16O3. The summed E-state index contributed by atoms with van der Waals surface area (Å²) in [6.07, 6.45) is 2.55. The average Bonchev–Trinajstić information content (AvgIpc) is 2.58. The Balaban J connectivity index is 2.24. The summed E-state index contributed by atoms with van der Waals surface area (Å²) in [5.74, 6) is -0.163. The predicted molar refractivity (Wildman–Crippen MR) is 89.1 cm³/mol. The van der Waals surface area contributed by atoms with Crippen LogP contribution in [0.15, 0.2) is 58.3 Å². The first-order valence-electron chi connectivity index (χ1n) is 7.15. The minimum absolute atomic E-state index is 0.192. The zero-order valence-electron chi connectivity index (χ0n) is 12.3. The Kier molecular flexibility index (Phi) is 3.55. The highest BCUT2D eigenvalue weighted by Crippen LogP contribution is 2.30. The van der Waals surface area contributed by atoms with E-state index < -0.39 is 5.43 Å². The van der Waals surface area contributed by atoms with E-state index in [4.69, 9.17) is 4.42 Å². The van der Waals surface area contributed by atoms with Gasteiger partial charge in [-0.3, -0.25) is 4.79 Å². The van der Waals surface area contributed by atoms with E-state index in [9.17, 15) is 9.90 Å². The van der Waals surface area contributed by atoms with Gasteiger partial charge < -0.3 is 9.52 Å². The van der Waals surface area contributed by atoms with Gasteiger partial charge >= 0.3 is 0 Å². The van der Waals surface area contributed by atoms with E-state index in [1.165, 1.54) is 0 Å². The molecule has 22 heavy (non-hydrogen) atoms. The molecule has 3 rings (SSSR count). The highest BCUT2D eigenvalue weighted by molar-refractivity contribution is 5.82. The minimum Gasteiger partial charge on any atom is -0.502 e. The molecule has 0 atom stereocenters. The van der Waals surface area contributed by atoms with E-state index in [0.29, 0.717) is 16.5 Å². The van der Waals surface area contributed by atoms with Crippen molar-refractivity contribution >= 4 is 17.0 Å². The molecule has 0 fully saturated rings. The summed E-state index contributed by atoms with van der Waals surface area (Å²) in [5.41, 5.74) is 2.71. The van der Waals surface area contributed by atoms with Crippen LogP contribution in [0.3, 0.4) is 0 Å². The van der Waals surface area contributed by atoms with Crippen molar-refractivity contribution < 1.29 is 9.52 Å². The summed E-state index contributed by atoms with van der Waals surface area (Å²) in [7, 11) is 0. The van der Waals surface area contributed by atoms with Crippen LogP contribution in [0, 0.1) is 0 Å². The first-order valence-corrected chi connectivity index (χ1v) is 7.15. The Bertz CT molecular complexity index is 902. The van der Waals surface area contributed by atoms with Gasteiger partial charge in [-0.2, -0.15) is 0 Å². The molecule has 0 aliphatic rings. The number of fused-ring (bicyclic) bond motifs is 1. The number of aromatic hydroxyl groups is 1. The van der Waals surface area contributed by atoms with Crippen LogP contribution >= 0.6 is 0 Å². The van der Waals surface area contributed by atoms with Gasteiger partial charge in [-0.15, -0.1) is 0 Å². The first kappa shape index (κ1) is 14.1. The summed E-state index contributed by atoms with van der Waals surface area (Å²) in [5, 5.41) is 10.6. The summed E-state index contributed by atoms with van der Waals surface area (Å²) in [6, 6.07) is 12.8. The quantitative estimate of drug-likeness (QED) is 0.779. The number of hydrogen-bond donors (Lipinski definition) is 1. The van der Waals surface area contributed by atoms with Crippen LogP contribution in [0.5, 0.6) is 5.75 Å². The normalized spacial score (nSPS) is 10.8. The fraction of sp³-hybridized carbons (Fsp3) is 0.105. The summed E-state index contributed by atoms with van der Waals surface area (Å²) in [4.78, 5) is 12.4. The van der Waals surface area contributed by atoms with Gasteiger partial charge in [0.2, 0.25) is 11.2 Å². The molecule has 0 aliphatic carbocycles. The minimum atomic E-state index is -0.403. The maximum Gasteiger partial charge on any atom is 0.235 e. The van der Waals surface area contributed by atoms with E-state index in [-0.39, 0.29) is 11.5 Å². The smallest absolute Gasteiger partial charge is 0.235 e. The monoisotopic (exact) mass is 292 g/mol. The van der Waals surface area contributed by atoms with Gasteiger partial charge in [-0.25, -0.2) is 0 Å². The lowest BCUT2D eigenvalue weighted by Gasteiger charge is -2.07. The van der Waals surface area contributed by atoms with Crippen LogP contribution in [0.1, 0.15) is 18.1 Å². The van der Waals surface area contributed by atoms with Crippen LogP contribution in [-0.2, 0) is 6.42 Å². The van der Waals surface area contributed by atoms with Crippen LogP contribution in [-0.4, -0.2) is 5.11 Å². The Labute approximate surface area is 128 Å². The molecule has 3 nitrogen and oxygen atoms in total. The van der Waals surface area contributed by atoms with Crippen LogP contribution < -0.4 is 5.43 Å². The van der Waals surface area contributed by atoms with Crippen molar-refractivity contribution in [2.24, 2.45) is 0 Å². The third kappa shape index (κ3) is 2.31. The van der Waals surface area contributed by atoms with Gasteiger partial charge in [0.15, 0.2) is 5.76 Å². The van der Waals surface area contributed by atoms with Gasteiger partial charge in [0.05, 0.1) is 5.39 Å². The second kappa shape index (κ2) is 5.53. The predicted octanol–water partition coefficient (Wildman–Crippen LogP) is 4.37. The lowest BCUT2D eigenvalue weighted by Crippen LogP contribution is -2.03. The molecule has 0 bridgehead atoms. The highest BCUT2D eigenvalue weighted by Gasteiger charge is 2.15. The molecule has 0 radical (unpaired) electrons. The number of aryl methyl sites for hydroxylation is 1. The molecule has 0 aliphatic heterocycles. The molecule has 1 heterocycles. The molecule has 0 amide bonds. The lowest BCUT2D eigenvalue weighted by molar-refractivity contribution is 0.449. The maximum absolute atomic E-state index is 12.4. The third-order valence-corrected chi connectivity index (χ3v) is 3.75. The Morgan fingerprint density at radius 3 is 2.55 bits per heavy atom. The lowest BCUT2D eigenvalue weighted by atomic mass is 10.1. The molecule has 110 valence electrons. The summed E-state index contributed by atoms with van der Waals surface area (Å²) < 4.78 is 5.76. The van der Waals surface area contributed by atoms with Crippen LogP contribution in [0.2, 0.25) is 0 Å². The van der Waals surface area contributed by atoms with Gasteiger partial charge in [-0.05, 0) is 29.7 Å². The fourth-order valence-electron chi connectivity index (χ4n) is 2.42. The van der Waals surface area contributed by atoms with Gasteiger partial charge in [0.1, 0.15) is 5.58 Å². The summed E-state index contributed by atoms with van der Waals surface area (Å²) >= 11 is 0. The van der Waals surface area contributed by atoms with E-state index in [1.807, 2.05) is 25.1 Å². The van der Waals surface area contributed by atoms with Crippen molar-refractivity contribution in [3.63, 3.8) is 0 Å². The van der Waals surface area contributed by atoms with Crippen molar-refractivity contribution in [1.29, 1.82) is 0 Å². The van der Waals surface area contributed by atoms with Crippen LogP contribution in [0.25, 0.3) is 28.4 Å². The first-order chi connectivity index (χ1) is 10.6. The van der Waals surface area contributed by atoms with Crippen molar-refractivity contribution in [1.82, 2.24) is 0 Å². The zero-order chi connectivity index (χ0) is 15.7. The standard InChI is InChI=1S/C19H16O3/c1-3-12-5-8-14(9-6-12)19-18(21)17(20)15-11-13(4-2)7-10-16(15)22-19/h3,5-11,21H,1,4H2,2H3. The highest BCUT2D eigenvalue weighted by atomic mass is 16.4. The molecular weight excluding hydrogens is 276 g/mol. The molecule has 0 saturated carbocycles. The molecule has 2 aromatic carbocycles. The summed E-state index contributed by atoms with van der Waals surface area (Å²) in [6.45, 7) is 5.71. The molecule has 1 N–H and O–H groups in total. The fourth-order valence-corrected chi connectivity index (χ4v) is 2.42. The van der Waals surface area contributed by atoms with Crippen molar-refractivity contribution in [2.45, 2.75) is 13.3 Å². The van der Waals surface area contributed by atoms with Crippen molar-refractivity contribution in [3.05, 3.63) is 70.4 Å². The van der Waals surface area contributed by atoms with E-state index in [0.717, 1.165) is 17.5 Å². The molecule has 1 aromatic heterocycles.